The van der Waals surface area contributed by atoms with Crippen LogP contribution in [0.25, 0.3) is 0 Å². The number of carbonyl (C=O) groups is 1. The molecule has 0 radical (unpaired) electrons. The van der Waals surface area contributed by atoms with Gasteiger partial charge in [0.25, 0.3) is 5.91 Å². The minimum Gasteiger partial charge on any atom is -0.473 e. The van der Waals surface area contributed by atoms with E-state index in [2.05, 4.69) is 61.0 Å². The summed E-state index contributed by atoms with van der Waals surface area (Å²) in [5.41, 5.74) is 7.99. The van der Waals surface area contributed by atoms with Crippen molar-refractivity contribution in [1.29, 1.82) is 0 Å². The fourth-order valence-corrected chi connectivity index (χ4v) is 5.83. The van der Waals surface area contributed by atoms with Crippen molar-refractivity contribution < 1.29 is 22.5 Å². The molecule has 10 heteroatoms. The zero-order valence-electron chi connectivity index (χ0n) is 22.3. The van der Waals surface area contributed by atoms with Crippen LogP contribution < -0.4 is 10.5 Å². The van der Waals surface area contributed by atoms with Crippen LogP contribution in [0, 0.1) is 5.41 Å². The van der Waals surface area contributed by atoms with Crippen molar-refractivity contribution >= 4 is 16.0 Å². The Kier molecular flexibility index (Phi) is 7.69. The molecule has 0 spiro atoms. The van der Waals surface area contributed by atoms with Gasteiger partial charge in [0.15, 0.2) is 5.82 Å². The number of hydrogen-bond acceptors (Lipinski definition) is 6. The lowest BCUT2D eigenvalue weighted by atomic mass is 9.74. The largest absolute Gasteiger partial charge is 0.473 e. The van der Waals surface area contributed by atoms with Crippen LogP contribution in [-0.4, -0.2) is 53.0 Å². The molecule has 2 atom stereocenters. The van der Waals surface area contributed by atoms with Crippen LogP contribution in [0.5, 0.6) is 5.75 Å². The maximum Gasteiger partial charge on any atom is 0.313 e. The van der Waals surface area contributed by atoms with E-state index in [1.165, 1.54) is 17.2 Å². The van der Waals surface area contributed by atoms with Crippen LogP contribution >= 0.6 is 0 Å². The Balaban J connectivity index is 1.67. The molecule has 4 rings (SSSR count). The predicted molar refractivity (Wildman–Crippen MR) is 144 cm³/mol. The average molecular weight is 541 g/mol. The Morgan fingerprint density at radius 1 is 1.18 bits per heavy atom. The molecule has 1 amide bonds. The Hall–Kier alpha value is -3.21. The van der Waals surface area contributed by atoms with E-state index in [0.717, 1.165) is 44.2 Å². The van der Waals surface area contributed by atoms with Crippen LogP contribution in [0.1, 0.15) is 50.2 Å². The first-order chi connectivity index (χ1) is 17.8. The topological polar surface area (TPSA) is 128 Å². The van der Waals surface area contributed by atoms with Gasteiger partial charge in [0.2, 0.25) is 11.1 Å². The number of carbonyl (C=O) groups excluding carboxylic acids is 1. The van der Waals surface area contributed by atoms with Gasteiger partial charge in [0.1, 0.15) is 5.75 Å². The first kappa shape index (κ1) is 27.8. The molecule has 1 fully saturated rings. The smallest absolute Gasteiger partial charge is 0.313 e. The second kappa shape index (κ2) is 10.5. The number of rotatable bonds is 9. The summed E-state index contributed by atoms with van der Waals surface area (Å²) in [6.07, 6.45) is 1.58. The monoisotopic (exact) mass is 540 g/mol. The van der Waals surface area contributed by atoms with Crippen molar-refractivity contribution in [2.24, 2.45) is 18.2 Å². The lowest BCUT2D eigenvalue weighted by molar-refractivity contribution is -0.125. The summed E-state index contributed by atoms with van der Waals surface area (Å²) in [7, 11) is -3.05. The van der Waals surface area contributed by atoms with Crippen LogP contribution in [-0.2, 0) is 33.8 Å². The van der Waals surface area contributed by atoms with E-state index in [1.807, 2.05) is 18.2 Å². The molecule has 1 aliphatic rings. The lowest BCUT2D eigenvalue weighted by Crippen LogP contribution is -2.36. The number of nitrogens with two attached hydrogens (primary N) is 1. The van der Waals surface area contributed by atoms with Crippen molar-refractivity contribution in [1.82, 2.24) is 14.5 Å². The summed E-state index contributed by atoms with van der Waals surface area (Å²) in [6.45, 7) is 9.58. The summed E-state index contributed by atoms with van der Waals surface area (Å²) in [6, 6.07) is 18.1. The average Bonchev–Trinajstić information content (AvgIpc) is 3.41. The quantitative estimate of drug-likeness (QED) is 0.398. The molecule has 2 unspecified atom stereocenters. The maximum absolute atomic E-state index is 12.4. The van der Waals surface area contributed by atoms with Gasteiger partial charge in [-0.1, -0.05) is 63.2 Å². The summed E-state index contributed by atoms with van der Waals surface area (Å²) in [5, 5.41) is -0.578. The van der Waals surface area contributed by atoms with E-state index in [9.17, 15) is 17.8 Å². The molecule has 1 saturated heterocycles. The molecule has 9 nitrogen and oxygen atoms in total. The summed E-state index contributed by atoms with van der Waals surface area (Å²) >= 11 is 0. The van der Waals surface area contributed by atoms with Gasteiger partial charge in [0.05, 0.1) is 0 Å². The molecule has 3 aromatic rings. The summed E-state index contributed by atoms with van der Waals surface area (Å²) in [5.74, 6) is -0.432. The van der Waals surface area contributed by atoms with E-state index < -0.39 is 27.2 Å². The summed E-state index contributed by atoms with van der Waals surface area (Å²) in [4.78, 5) is 18.8. The zero-order valence-corrected chi connectivity index (χ0v) is 23.1. The van der Waals surface area contributed by atoms with E-state index >= 15 is 0 Å². The highest BCUT2D eigenvalue weighted by Gasteiger charge is 2.41. The lowest BCUT2D eigenvalue weighted by Gasteiger charge is -2.33. The molecule has 1 aromatic heterocycles. The minimum absolute atomic E-state index is 0.0215. The molecule has 204 valence electrons. The van der Waals surface area contributed by atoms with Crippen molar-refractivity contribution in [3.8, 4) is 5.75 Å². The highest BCUT2D eigenvalue weighted by molar-refractivity contribution is 7.85. The van der Waals surface area contributed by atoms with Gasteiger partial charge in [-0.2, -0.15) is 8.42 Å². The molecule has 1 aliphatic heterocycles. The summed E-state index contributed by atoms with van der Waals surface area (Å²) < 4.78 is 39.8. The van der Waals surface area contributed by atoms with Crippen molar-refractivity contribution in [2.75, 3.05) is 19.6 Å². The van der Waals surface area contributed by atoms with E-state index in [-0.39, 0.29) is 16.7 Å². The highest BCUT2D eigenvalue weighted by atomic mass is 32.2. The Morgan fingerprint density at radius 3 is 2.50 bits per heavy atom. The number of likely N-dealkylation sites (tertiary alicyclic amines) is 1. The van der Waals surface area contributed by atoms with Gasteiger partial charge < -0.3 is 19.9 Å². The Bertz CT molecular complexity index is 1400. The Morgan fingerprint density at radius 2 is 1.89 bits per heavy atom. The third-order valence-corrected chi connectivity index (χ3v) is 7.59. The molecule has 2 aromatic carbocycles. The standard InChI is InChI=1S/C28H36N4O5S/c1-27(2,3)18-32-14-13-28(19-32,16-20-9-6-5-7-10-20)21-11-8-12-22(15-21)37-24(25(29)33)26-30-23(17-31(26)4)38(34,35)36/h5-12,15,17,24H,13-14,16,18-19H2,1-4H3,(H2,29,33)(H,34,35,36). The normalized spacial score (nSPS) is 19.4. The fraction of sp³-hybridized carbons (Fsp3) is 0.429. The number of imidazole rings is 1. The SMILES string of the molecule is Cn1cc(S(=O)(=O)O)nc1C(Oc1cccc(C2(Cc3ccccc3)CCN(CC(C)(C)C)C2)c1)C(N)=O. The zero-order chi connectivity index (χ0) is 27.7. The van der Waals surface area contributed by atoms with Crippen molar-refractivity contribution in [3.63, 3.8) is 0 Å². The molecule has 0 bridgehead atoms. The van der Waals surface area contributed by atoms with Crippen LogP contribution in [0.15, 0.2) is 65.8 Å². The van der Waals surface area contributed by atoms with E-state index in [0.29, 0.717) is 5.75 Å². The van der Waals surface area contributed by atoms with Crippen LogP contribution in [0.2, 0.25) is 0 Å². The van der Waals surface area contributed by atoms with E-state index in [4.69, 9.17) is 10.5 Å². The second-order valence-corrected chi connectivity index (χ2v) is 12.8. The number of benzene rings is 2. The third-order valence-electron chi connectivity index (χ3n) is 6.86. The van der Waals surface area contributed by atoms with Crippen molar-refractivity contribution in [3.05, 3.63) is 77.7 Å². The van der Waals surface area contributed by atoms with Crippen LogP contribution in [0.4, 0.5) is 0 Å². The maximum atomic E-state index is 12.4. The van der Waals surface area contributed by atoms with Gasteiger partial charge in [-0.3, -0.25) is 9.35 Å². The van der Waals surface area contributed by atoms with Crippen molar-refractivity contribution in [2.45, 2.75) is 50.2 Å². The highest BCUT2D eigenvalue weighted by Crippen LogP contribution is 2.40. The van der Waals surface area contributed by atoms with Crippen LogP contribution in [0.3, 0.4) is 0 Å². The third kappa shape index (κ3) is 6.43. The van der Waals surface area contributed by atoms with Gasteiger partial charge in [0, 0.05) is 31.7 Å². The molecule has 38 heavy (non-hydrogen) atoms. The molecular weight excluding hydrogens is 504 g/mol. The second-order valence-electron chi connectivity index (χ2n) is 11.4. The van der Waals surface area contributed by atoms with Gasteiger partial charge >= 0.3 is 10.1 Å². The minimum atomic E-state index is -4.55. The number of primary amides is 1. The number of nitrogens with zero attached hydrogens (tertiary/aromatic N) is 3. The Labute approximate surface area is 224 Å². The number of ether oxygens (including phenoxy) is 1. The first-order valence-electron chi connectivity index (χ1n) is 12.6. The number of hydrogen-bond donors (Lipinski definition) is 2. The number of aromatic nitrogens is 2. The van der Waals surface area contributed by atoms with Gasteiger partial charge in [-0.25, -0.2) is 4.98 Å². The molecule has 3 N–H and O–H groups in total. The number of amides is 1. The first-order valence-corrected chi connectivity index (χ1v) is 14.0. The van der Waals surface area contributed by atoms with Gasteiger partial charge in [-0.05, 0) is 48.1 Å². The molecular formula is C28H36N4O5S. The number of aryl methyl sites for hydroxylation is 1. The fourth-order valence-electron chi connectivity index (χ4n) is 5.33. The molecule has 0 aliphatic carbocycles. The molecule has 0 saturated carbocycles. The molecule has 2 heterocycles. The van der Waals surface area contributed by atoms with E-state index in [1.54, 1.807) is 6.07 Å². The van der Waals surface area contributed by atoms with Gasteiger partial charge in [-0.15, -0.1) is 0 Å². The predicted octanol–water partition coefficient (Wildman–Crippen LogP) is 3.50.